The molecule has 0 heterocycles. The Morgan fingerprint density at radius 1 is 0.463 bits per heavy atom. The van der Waals surface area contributed by atoms with E-state index < -0.39 is 17.1 Å². The zero-order valence-electron chi connectivity index (χ0n) is 25.5. The molecular weight excluding hydrogens is 1090 g/mol. The topological polar surface area (TPSA) is 138 Å². The van der Waals surface area contributed by atoms with Crippen molar-refractivity contribution in [3.63, 3.8) is 0 Å². The summed E-state index contributed by atoms with van der Waals surface area (Å²) in [5.41, 5.74) is -10.5. The Morgan fingerprint density at radius 2 is 0.659 bits per heavy atom. The van der Waals surface area contributed by atoms with Crippen LogP contribution in [0.2, 0.25) is 0 Å². The summed E-state index contributed by atoms with van der Waals surface area (Å²) in [6.07, 6.45) is 13.5. The second-order valence-electron chi connectivity index (χ2n) is 9.48. The molecule has 41 heavy (non-hydrogen) atoms. The Hall–Kier alpha value is 4.53. The molecule has 0 aliphatic carbocycles. The molecule has 0 rings (SSSR count). The predicted molar refractivity (Wildman–Crippen MR) is 192 cm³/mol. The van der Waals surface area contributed by atoms with E-state index in [9.17, 15) is 29.4 Å². The number of hydrogen-bond donors (Lipinski definition) is 0. The molecule has 0 spiro atoms. The van der Waals surface area contributed by atoms with Gasteiger partial charge in [-0.05, 0) is 54.3 Å². The van der Waals surface area contributed by atoms with E-state index in [-0.39, 0.29) is 52.4 Å². The summed E-state index contributed by atoms with van der Waals surface area (Å²) in [6, 6.07) is 0. The van der Waals surface area contributed by atoms with Crippen molar-refractivity contribution in [3.05, 3.63) is 0 Å². The standard InChI is InChI=1S/3C8H19O2PS2.2Bi/c3*1-3-5-6-8(4-2)7-13-11(9,10)12;;/h3*8H,3-7H2,1-2H3,(H2,9,10,12);;/q;;;2*+3/p-6. The van der Waals surface area contributed by atoms with Crippen molar-refractivity contribution in [2.45, 2.75) is 119 Å². The van der Waals surface area contributed by atoms with Gasteiger partial charge in [0.15, 0.2) is 0 Å². The Balaban J connectivity index is -0.000000154. The van der Waals surface area contributed by atoms with Crippen LogP contribution in [0, 0.1) is 17.8 Å². The van der Waals surface area contributed by atoms with Gasteiger partial charge >= 0.3 is 52.4 Å². The zero-order chi connectivity index (χ0) is 31.0. The molecule has 17 heteroatoms. The van der Waals surface area contributed by atoms with E-state index in [1.165, 1.54) is 38.5 Å². The van der Waals surface area contributed by atoms with Gasteiger partial charge in [-0.3, -0.25) is 0 Å². The number of rotatable bonds is 21. The molecule has 6 nitrogen and oxygen atoms in total. The Bertz CT molecular complexity index is 610. The molecule has 0 aromatic carbocycles. The summed E-state index contributed by atoms with van der Waals surface area (Å²) < 4.78 is 0. The Kier molecular flexibility index (Phi) is 46.1. The molecule has 0 amide bonds. The normalized spacial score (nSPS) is 13.8. The largest absolute Gasteiger partial charge is 3.00 e. The van der Waals surface area contributed by atoms with Crippen molar-refractivity contribution in [1.29, 1.82) is 0 Å². The molecular formula is C24H51Bi2O6P3S6. The van der Waals surface area contributed by atoms with Gasteiger partial charge in [0.05, 0.1) is 0 Å². The van der Waals surface area contributed by atoms with Crippen LogP contribution in [0.15, 0.2) is 0 Å². The van der Waals surface area contributed by atoms with Gasteiger partial charge < -0.3 is 29.4 Å². The molecule has 3 unspecified atom stereocenters. The van der Waals surface area contributed by atoms with Gasteiger partial charge in [0.1, 0.15) is 0 Å². The maximum absolute atomic E-state index is 10.7. The van der Waals surface area contributed by atoms with Crippen molar-refractivity contribution >= 4 is 139 Å². The maximum Gasteiger partial charge on any atom is 3.00 e. The van der Waals surface area contributed by atoms with Gasteiger partial charge in [0.2, 0.25) is 0 Å². The summed E-state index contributed by atoms with van der Waals surface area (Å²) in [7, 11) is 0. The first-order valence-corrected chi connectivity index (χ1v) is 26.7. The Morgan fingerprint density at radius 3 is 0.780 bits per heavy atom. The zero-order valence-corrected chi connectivity index (χ0v) is 40.0. The van der Waals surface area contributed by atoms with Crippen molar-refractivity contribution in [2.24, 2.45) is 17.8 Å². The molecule has 0 fully saturated rings. The van der Waals surface area contributed by atoms with Gasteiger partial charge in [-0.15, -0.1) is 35.4 Å². The quantitative estimate of drug-likeness (QED) is 0.115. The molecule has 0 aliphatic heterocycles. The van der Waals surface area contributed by atoms with Crippen molar-refractivity contribution < 1.29 is 29.4 Å². The minimum absolute atomic E-state index is 0. The van der Waals surface area contributed by atoms with Gasteiger partial charge in [-0.2, -0.15) is 51.2 Å². The van der Waals surface area contributed by atoms with Crippen molar-refractivity contribution in [1.82, 2.24) is 0 Å². The first-order chi connectivity index (χ1) is 18.0. The molecule has 0 aromatic heterocycles. The fourth-order valence-corrected chi connectivity index (χ4v) is 10.9. The van der Waals surface area contributed by atoms with E-state index in [0.29, 0.717) is 35.0 Å². The average Bonchev–Trinajstić information content (AvgIpc) is 2.83. The first-order valence-electron chi connectivity index (χ1n) is 14.0. The molecule has 244 valence electrons. The van der Waals surface area contributed by atoms with Crippen LogP contribution in [0.25, 0.3) is 0 Å². The second kappa shape index (κ2) is 34.4. The third kappa shape index (κ3) is 49.0. The van der Waals surface area contributed by atoms with E-state index in [0.717, 1.165) is 72.7 Å². The van der Waals surface area contributed by atoms with Gasteiger partial charge in [-0.25, -0.2) is 0 Å². The number of unbranched alkanes of at least 4 members (excludes halogenated alkanes) is 3. The van der Waals surface area contributed by atoms with Crippen LogP contribution in [-0.2, 0) is 35.4 Å². The van der Waals surface area contributed by atoms with Crippen LogP contribution in [0.1, 0.15) is 119 Å². The maximum atomic E-state index is 10.7. The van der Waals surface area contributed by atoms with E-state index in [1.807, 2.05) is 0 Å². The molecule has 0 N–H and O–H groups in total. The van der Waals surface area contributed by atoms with Crippen LogP contribution < -0.4 is 29.4 Å². The molecule has 0 bridgehead atoms. The Labute approximate surface area is 318 Å². The molecule has 0 saturated carbocycles. The van der Waals surface area contributed by atoms with Crippen LogP contribution in [-0.4, -0.2) is 69.7 Å². The SMILES string of the molecule is CCCCC(CC)CSP([O-])([O-])=S.CCCCC(CC)CSP([O-])([O-])=S.CCCCC(CC)CSP([O-])([O-])=S.[Bi+3].[Bi+3]. The van der Waals surface area contributed by atoms with Crippen LogP contribution in [0.3, 0.4) is 0 Å². The third-order valence-corrected chi connectivity index (χ3v) is 15.9. The van der Waals surface area contributed by atoms with Crippen molar-refractivity contribution in [2.75, 3.05) is 17.3 Å². The van der Waals surface area contributed by atoms with Gasteiger partial charge in [0, 0.05) is 0 Å². The average molecular weight is 1140 g/mol. The summed E-state index contributed by atoms with van der Waals surface area (Å²) in [5.74, 6) is 3.53. The van der Waals surface area contributed by atoms with Crippen LogP contribution in [0.4, 0.5) is 0 Å². The summed E-state index contributed by atoms with van der Waals surface area (Å²) in [5, 5.41) is 0. The van der Waals surface area contributed by atoms with Gasteiger partial charge in [-0.1, -0.05) is 99.3 Å². The minimum atomic E-state index is -3.51. The molecule has 0 saturated heterocycles. The summed E-state index contributed by atoms with van der Waals surface area (Å²) in [6.45, 7) is 12.7. The molecule has 3 atom stereocenters. The summed E-state index contributed by atoms with van der Waals surface area (Å²) >= 11 is 15.8. The molecule has 0 aliphatic rings. The van der Waals surface area contributed by atoms with Crippen molar-refractivity contribution in [3.8, 4) is 0 Å². The summed E-state index contributed by atoms with van der Waals surface area (Å²) in [4.78, 5) is 64.4. The van der Waals surface area contributed by atoms with Crippen LogP contribution >= 0.6 is 51.2 Å². The van der Waals surface area contributed by atoms with E-state index in [4.69, 9.17) is 0 Å². The minimum Gasteiger partial charge on any atom is -0.825 e. The van der Waals surface area contributed by atoms with E-state index in [1.54, 1.807) is 0 Å². The monoisotopic (exact) mass is 1140 g/mol. The first kappa shape index (κ1) is 55.0. The molecule has 0 aromatic rings. The number of hydrogen-bond acceptors (Lipinski definition) is 12. The fourth-order valence-electron chi connectivity index (χ4n) is 3.28. The smallest absolute Gasteiger partial charge is 0.825 e. The molecule has 4 radical (unpaired) electrons. The second-order valence-corrected chi connectivity index (χ2v) is 27.0. The van der Waals surface area contributed by atoms with E-state index in [2.05, 4.69) is 77.0 Å². The predicted octanol–water partition coefficient (Wildman–Crippen LogP) is 4.88. The third-order valence-electron chi connectivity index (χ3n) is 6.03. The van der Waals surface area contributed by atoms with Crippen LogP contribution in [0.5, 0.6) is 0 Å². The fraction of sp³-hybridized carbons (Fsp3) is 1.00. The van der Waals surface area contributed by atoms with E-state index >= 15 is 0 Å². The van der Waals surface area contributed by atoms with Gasteiger partial charge in [0.25, 0.3) is 0 Å².